The molecule has 9 aromatic rings. The Morgan fingerprint density at radius 3 is 1.92 bits per heavy atom. The molecule has 0 spiro atoms. The quantitative estimate of drug-likeness (QED) is 0.152. The minimum atomic E-state index is 0.657. The zero-order chi connectivity index (χ0) is 34.9. The van der Waals surface area contributed by atoms with Crippen LogP contribution in [0.1, 0.15) is 5.56 Å². The molecule has 0 aliphatic heterocycles. The number of ether oxygens (including phenoxy) is 3. The predicted octanol–water partition coefficient (Wildman–Crippen LogP) is 11.7. The number of nitrogens with zero attached hydrogens (tertiary/aromatic N) is 4. The molecular weight excluding hydrogens is 645 g/mol. The number of hydrogen-bond acceptors (Lipinski definition) is 5. The van der Waals surface area contributed by atoms with Crippen molar-refractivity contribution in [1.82, 2.24) is 19.3 Å². The van der Waals surface area contributed by atoms with Gasteiger partial charge in [-0.1, -0.05) is 66.7 Å². The fourth-order valence-electron chi connectivity index (χ4n) is 6.52. The van der Waals surface area contributed by atoms with Gasteiger partial charge in [-0.05, 0) is 91.3 Å². The first kappa shape index (κ1) is 30.9. The normalized spacial score (nSPS) is 11.2. The number of fused-ring (bicyclic) bond motifs is 3. The summed E-state index contributed by atoms with van der Waals surface area (Å²) in [7, 11) is 0. The topological polar surface area (TPSA) is 63.3 Å². The zero-order valence-corrected chi connectivity index (χ0v) is 28.3. The van der Waals surface area contributed by atoms with E-state index in [1.165, 1.54) is 0 Å². The fourth-order valence-corrected chi connectivity index (χ4v) is 6.52. The van der Waals surface area contributed by atoms with E-state index in [-0.39, 0.29) is 0 Å². The van der Waals surface area contributed by atoms with Gasteiger partial charge in [-0.15, -0.1) is 0 Å². The van der Waals surface area contributed by atoms with Crippen LogP contribution in [0.5, 0.6) is 34.5 Å². The predicted molar refractivity (Wildman–Crippen MR) is 205 cm³/mol. The molecule has 7 nitrogen and oxygen atoms in total. The Morgan fingerprint density at radius 1 is 0.519 bits per heavy atom. The highest BCUT2D eigenvalue weighted by Gasteiger charge is 2.18. The Kier molecular flexibility index (Phi) is 7.91. The number of benzene rings is 6. The summed E-state index contributed by atoms with van der Waals surface area (Å²) in [6, 6.07) is 51.9. The Bertz CT molecular complexity index is 2620. The van der Waals surface area contributed by atoms with Gasteiger partial charge in [0.1, 0.15) is 40.3 Å². The second-order valence-corrected chi connectivity index (χ2v) is 12.5. The van der Waals surface area contributed by atoms with Crippen LogP contribution >= 0.6 is 0 Å². The van der Waals surface area contributed by atoms with Crippen LogP contribution in [0.25, 0.3) is 44.4 Å². The Hall–Kier alpha value is -7.12. The molecule has 0 aliphatic rings. The van der Waals surface area contributed by atoms with Crippen LogP contribution in [-0.4, -0.2) is 19.3 Å². The molecule has 0 saturated heterocycles. The van der Waals surface area contributed by atoms with Crippen molar-refractivity contribution >= 4 is 21.8 Å². The highest BCUT2D eigenvalue weighted by atomic mass is 16.5. The molecule has 0 N–H and O–H groups in total. The number of pyridine rings is 1. The summed E-state index contributed by atoms with van der Waals surface area (Å²) in [6.07, 6.45) is 5.65. The monoisotopic (exact) mass is 676 g/mol. The largest absolute Gasteiger partial charge is 0.457 e. The molecule has 3 aromatic heterocycles. The van der Waals surface area contributed by atoms with Crippen LogP contribution in [0.4, 0.5) is 0 Å². The second kappa shape index (κ2) is 13.3. The maximum absolute atomic E-state index is 6.51. The lowest BCUT2D eigenvalue weighted by atomic mass is 10.1. The minimum Gasteiger partial charge on any atom is -0.457 e. The van der Waals surface area contributed by atoms with E-state index in [0.717, 1.165) is 67.2 Å². The molecule has 0 saturated carbocycles. The molecule has 7 heteroatoms. The van der Waals surface area contributed by atoms with Gasteiger partial charge in [0.05, 0.1) is 28.5 Å². The summed E-state index contributed by atoms with van der Waals surface area (Å²) in [6.45, 7) is 2.08. The van der Waals surface area contributed by atoms with E-state index < -0.39 is 0 Å². The maximum Gasteiger partial charge on any atom is 0.139 e. The molecule has 9 rings (SSSR count). The second-order valence-electron chi connectivity index (χ2n) is 12.5. The minimum absolute atomic E-state index is 0.657. The standard InChI is InChI=1S/C45H32N4O3/c1-31-24-25-46-44(26-31)49-40-19-9-8-18-38(40)39-23-22-37(28-41(39)49)50-36-17-10-12-33(27-36)48-30-32(29-47-48)45-42(51-34-13-4-2-5-14-34)20-11-21-43(45)52-35-15-6-3-7-16-35/h2-30H,1H3. The lowest BCUT2D eigenvalue weighted by Crippen LogP contribution is -1.97. The van der Waals surface area contributed by atoms with Gasteiger partial charge >= 0.3 is 0 Å². The summed E-state index contributed by atoms with van der Waals surface area (Å²) < 4.78 is 23.3. The van der Waals surface area contributed by atoms with E-state index >= 15 is 0 Å². The number of aromatic nitrogens is 4. The summed E-state index contributed by atoms with van der Waals surface area (Å²) in [4.78, 5) is 4.71. The lowest BCUT2D eigenvalue weighted by Gasteiger charge is -2.15. The molecule has 0 bridgehead atoms. The smallest absolute Gasteiger partial charge is 0.139 e. The van der Waals surface area contributed by atoms with E-state index in [2.05, 4.69) is 54.0 Å². The molecule has 6 aromatic carbocycles. The van der Waals surface area contributed by atoms with Crippen molar-refractivity contribution in [2.75, 3.05) is 0 Å². The van der Waals surface area contributed by atoms with Crippen molar-refractivity contribution < 1.29 is 14.2 Å². The third kappa shape index (κ3) is 6.01. The summed E-state index contributed by atoms with van der Waals surface area (Å²) in [5, 5.41) is 7.06. The number of para-hydroxylation sites is 3. The van der Waals surface area contributed by atoms with Crippen molar-refractivity contribution in [2.24, 2.45) is 0 Å². The van der Waals surface area contributed by atoms with Crippen LogP contribution in [0.3, 0.4) is 0 Å². The van der Waals surface area contributed by atoms with Crippen molar-refractivity contribution in [1.29, 1.82) is 0 Å². The van der Waals surface area contributed by atoms with E-state index in [0.29, 0.717) is 17.2 Å². The van der Waals surface area contributed by atoms with Crippen molar-refractivity contribution in [2.45, 2.75) is 6.92 Å². The fraction of sp³-hybridized carbons (Fsp3) is 0.0222. The third-order valence-electron chi connectivity index (χ3n) is 8.89. The molecule has 0 fully saturated rings. The molecule has 0 radical (unpaired) electrons. The van der Waals surface area contributed by atoms with Gasteiger partial charge in [0, 0.05) is 40.9 Å². The number of aryl methyl sites for hydroxylation is 1. The molecule has 0 atom stereocenters. The highest BCUT2D eigenvalue weighted by Crippen LogP contribution is 2.42. The molecule has 0 amide bonds. The number of hydrogen-bond donors (Lipinski definition) is 0. The Morgan fingerprint density at radius 2 is 1.17 bits per heavy atom. The van der Waals surface area contributed by atoms with Crippen molar-refractivity contribution in [3.8, 4) is 57.1 Å². The molecule has 52 heavy (non-hydrogen) atoms. The third-order valence-corrected chi connectivity index (χ3v) is 8.89. The van der Waals surface area contributed by atoms with Crippen molar-refractivity contribution in [3.63, 3.8) is 0 Å². The van der Waals surface area contributed by atoms with Crippen molar-refractivity contribution in [3.05, 3.63) is 182 Å². The maximum atomic E-state index is 6.51. The van der Waals surface area contributed by atoms with E-state index in [1.54, 1.807) is 0 Å². The molecule has 250 valence electrons. The average Bonchev–Trinajstić information content (AvgIpc) is 3.79. The van der Waals surface area contributed by atoms with Gasteiger partial charge in [0.15, 0.2) is 0 Å². The Balaban J connectivity index is 1.06. The first-order valence-electron chi connectivity index (χ1n) is 17.0. The van der Waals surface area contributed by atoms with Crippen LogP contribution in [0.2, 0.25) is 0 Å². The molecule has 3 heterocycles. The highest BCUT2D eigenvalue weighted by molar-refractivity contribution is 6.09. The van der Waals surface area contributed by atoms with Crippen LogP contribution in [0.15, 0.2) is 176 Å². The summed E-state index contributed by atoms with van der Waals surface area (Å²) >= 11 is 0. The average molecular weight is 677 g/mol. The van der Waals surface area contributed by atoms with E-state index in [9.17, 15) is 0 Å². The summed E-state index contributed by atoms with van der Waals surface area (Å²) in [5.41, 5.74) is 5.74. The zero-order valence-electron chi connectivity index (χ0n) is 28.3. The van der Waals surface area contributed by atoms with Gasteiger partial charge in [0.2, 0.25) is 0 Å². The summed E-state index contributed by atoms with van der Waals surface area (Å²) in [5.74, 6) is 5.05. The van der Waals surface area contributed by atoms with Gasteiger partial charge in [-0.25, -0.2) is 9.67 Å². The Labute approximate surface area is 300 Å². The lowest BCUT2D eigenvalue weighted by molar-refractivity contribution is 0.463. The van der Waals surface area contributed by atoms with Crippen LogP contribution < -0.4 is 14.2 Å². The molecule has 0 unspecified atom stereocenters. The first-order valence-corrected chi connectivity index (χ1v) is 17.0. The van der Waals surface area contributed by atoms with Gasteiger partial charge in [-0.2, -0.15) is 5.10 Å². The SMILES string of the molecule is Cc1ccnc(-n2c3ccccc3c3ccc(Oc4cccc(-n5cc(-c6c(Oc7ccccc7)cccc6Oc6ccccc6)cn5)c4)cc32)c1. The van der Waals surface area contributed by atoms with Gasteiger partial charge < -0.3 is 14.2 Å². The molecular formula is C45H32N4O3. The van der Waals surface area contributed by atoms with Crippen LogP contribution in [-0.2, 0) is 0 Å². The number of rotatable bonds is 9. The first-order chi connectivity index (χ1) is 25.7. The van der Waals surface area contributed by atoms with Gasteiger partial charge in [-0.3, -0.25) is 4.57 Å². The van der Waals surface area contributed by atoms with Gasteiger partial charge in [0.25, 0.3) is 0 Å². The van der Waals surface area contributed by atoms with E-state index in [4.69, 9.17) is 24.3 Å². The van der Waals surface area contributed by atoms with Crippen LogP contribution in [0, 0.1) is 6.92 Å². The van der Waals surface area contributed by atoms with E-state index in [1.807, 2.05) is 139 Å². The molecule has 0 aliphatic carbocycles.